The molecule has 7 nitrogen and oxygen atoms in total. The molecule has 3 aromatic heterocycles. The van der Waals surface area contributed by atoms with Crippen LogP contribution in [-0.4, -0.2) is 33.9 Å². The van der Waals surface area contributed by atoms with E-state index in [-0.39, 0.29) is 5.91 Å². The van der Waals surface area contributed by atoms with E-state index in [1.54, 1.807) is 24.7 Å². The Kier molecular flexibility index (Phi) is 4.85. The standard InChI is InChI=1S/C23H21N5O2/c29-23(17-6-7-25-22(12-17)28-8-2-1-3-9-28)27-21-11-19-10-16(20-14-24-15-30-20)4-5-18(19)13-26-21/h4-7,10-15H,1-3,8-9H2,(H,26,27,29). The highest BCUT2D eigenvalue weighted by Gasteiger charge is 2.15. The summed E-state index contributed by atoms with van der Waals surface area (Å²) >= 11 is 0. The molecular formula is C23H21N5O2. The highest BCUT2D eigenvalue weighted by atomic mass is 16.3. The third-order valence-electron chi connectivity index (χ3n) is 5.37. The van der Waals surface area contributed by atoms with Gasteiger partial charge in [0.25, 0.3) is 5.91 Å². The van der Waals surface area contributed by atoms with Gasteiger partial charge in [0.15, 0.2) is 12.2 Å². The number of nitrogens with one attached hydrogen (secondary N) is 1. The third-order valence-corrected chi connectivity index (χ3v) is 5.37. The van der Waals surface area contributed by atoms with Crippen LogP contribution in [0.2, 0.25) is 0 Å². The van der Waals surface area contributed by atoms with Gasteiger partial charge in [0, 0.05) is 42.0 Å². The van der Waals surface area contributed by atoms with Crippen LogP contribution in [0.5, 0.6) is 0 Å². The van der Waals surface area contributed by atoms with Crippen molar-refractivity contribution in [3.8, 4) is 11.3 Å². The Balaban J connectivity index is 1.37. The van der Waals surface area contributed by atoms with Gasteiger partial charge in [-0.3, -0.25) is 4.79 Å². The predicted molar refractivity (Wildman–Crippen MR) is 115 cm³/mol. The Morgan fingerprint density at radius 2 is 1.87 bits per heavy atom. The number of oxazole rings is 1. The number of fused-ring (bicyclic) bond motifs is 1. The van der Waals surface area contributed by atoms with Gasteiger partial charge in [-0.25, -0.2) is 15.0 Å². The fraction of sp³-hybridized carbons (Fsp3) is 0.217. The highest BCUT2D eigenvalue weighted by Crippen LogP contribution is 2.25. The lowest BCUT2D eigenvalue weighted by Gasteiger charge is -2.27. The number of anilines is 2. The van der Waals surface area contributed by atoms with E-state index in [2.05, 4.69) is 25.2 Å². The van der Waals surface area contributed by atoms with Crippen molar-refractivity contribution in [1.82, 2.24) is 15.0 Å². The van der Waals surface area contributed by atoms with Gasteiger partial charge in [0.05, 0.1) is 6.20 Å². The number of benzene rings is 1. The number of nitrogens with zero attached hydrogens (tertiary/aromatic N) is 4. The molecule has 4 aromatic rings. The molecule has 4 heterocycles. The Labute approximate surface area is 173 Å². The van der Waals surface area contributed by atoms with Crippen LogP contribution in [0.25, 0.3) is 22.1 Å². The van der Waals surface area contributed by atoms with Crippen molar-refractivity contribution in [2.45, 2.75) is 19.3 Å². The van der Waals surface area contributed by atoms with Gasteiger partial charge in [-0.05, 0) is 48.9 Å². The van der Waals surface area contributed by atoms with Crippen molar-refractivity contribution in [3.05, 3.63) is 66.9 Å². The van der Waals surface area contributed by atoms with Crippen LogP contribution in [0.1, 0.15) is 29.6 Å². The molecule has 0 spiro atoms. The number of rotatable bonds is 4. The van der Waals surface area contributed by atoms with Gasteiger partial charge in [0.1, 0.15) is 11.6 Å². The summed E-state index contributed by atoms with van der Waals surface area (Å²) < 4.78 is 5.38. The largest absolute Gasteiger partial charge is 0.444 e. The predicted octanol–water partition coefficient (Wildman–Crippen LogP) is 4.53. The first kappa shape index (κ1) is 18.3. The minimum absolute atomic E-state index is 0.200. The molecule has 1 N–H and O–H groups in total. The van der Waals surface area contributed by atoms with Gasteiger partial charge in [-0.2, -0.15) is 0 Å². The maximum absolute atomic E-state index is 12.8. The lowest BCUT2D eigenvalue weighted by molar-refractivity contribution is 0.102. The van der Waals surface area contributed by atoms with E-state index in [1.165, 1.54) is 12.8 Å². The second-order valence-electron chi connectivity index (χ2n) is 7.40. The fourth-order valence-electron chi connectivity index (χ4n) is 3.77. The smallest absolute Gasteiger partial charge is 0.257 e. The lowest BCUT2D eigenvalue weighted by Crippen LogP contribution is -2.30. The normalized spacial score (nSPS) is 14.1. The van der Waals surface area contributed by atoms with Crippen molar-refractivity contribution in [3.63, 3.8) is 0 Å². The molecule has 5 rings (SSSR count). The second-order valence-corrected chi connectivity index (χ2v) is 7.40. The number of hydrogen-bond acceptors (Lipinski definition) is 6. The van der Waals surface area contributed by atoms with Gasteiger partial charge in [0.2, 0.25) is 0 Å². The van der Waals surface area contributed by atoms with Gasteiger partial charge < -0.3 is 14.6 Å². The molecule has 1 fully saturated rings. The molecule has 1 saturated heterocycles. The maximum atomic E-state index is 12.8. The second kappa shape index (κ2) is 7.94. The molecule has 1 aromatic carbocycles. The summed E-state index contributed by atoms with van der Waals surface area (Å²) in [5.41, 5.74) is 1.49. The molecule has 1 aliphatic heterocycles. The van der Waals surface area contributed by atoms with E-state index in [4.69, 9.17) is 4.42 Å². The fourth-order valence-corrected chi connectivity index (χ4v) is 3.77. The first-order valence-corrected chi connectivity index (χ1v) is 10.1. The van der Waals surface area contributed by atoms with Crippen LogP contribution in [0, 0.1) is 0 Å². The van der Waals surface area contributed by atoms with Crippen LogP contribution in [0.3, 0.4) is 0 Å². The maximum Gasteiger partial charge on any atom is 0.257 e. The van der Waals surface area contributed by atoms with E-state index >= 15 is 0 Å². The number of aromatic nitrogens is 3. The summed E-state index contributed by atoms with van der Waals surface area (Å²) in [6, 6.07) is 11.4. The van der Waals surface area contributed by atoms with Crippen LogP contribution in [0.4, 0.5) is 11.6 Å². The molecule has 0 radical (unpaired) electrons. The van der Waals surface area contributed by atoms with Gasteiger partial charge in [-0.1, -0.05) is 12.1 Å². The Morgan fingerprint density at radius 3 is 2.70 bits per heavy atom. The molecular weight excluding hydrogens is 378 g/mol. The molecule has 7 heteroatoms. The van der Waals surface area contributed by atoms with E-state index in [9.17, 15) is 4.79 Å². The van der Waals surface area contributed by atoms with Crippen LogP contribution in [-0.2, 0) is 0 Å². The van der Waals surface area contributed by atoms with Crippen LogP contribution in [0.15, 0.2) is 65.8 Å². The SMILES string of the molecule is O=C(Nc1cc2cc(-c3cnco3)ccc2cn1)c1ccnc(N2CCCCC2)c1. The summed E-state index contributed by atoms with van der Waals surface area (Å²) in [5.74, 6) is 1.85. The van der Waals surface area contributed by atoms with E-state index in [0.29, 0.717) is 17.1 Å². The van der Waals surface area contributed by atoms with Crippen LogP contribution < -0.4 is 10.2 Å². The summed E-state index contributed by atoms with van der Waals surface area (Å²) in [5, 5.41) is 4.84. The zero-order chi connectivity index (χ0) is 20.3. The monoisotopic (exact) mass is 399 g/mol. The van der Waals surface area contributed by atoms with Crippen molar-refractivity contribution < 1.29 is 9.21 Å². The lowest BCUT2D eigenvalue weighted by atomic mass is 10.1. The first-order valence-electron chi connectivity index (χ1n) is 10.1. The van der Waals surface area contributed by atoms with Gasteiger partial charge >= 0.3 is 0 Å². The molecule has 0 unspecified atom stereocenters. The summed E-state index contributed by atoms with van der Waals surface area (Å²) in [4.78, 5) is 27.8. The molecule has 0 saturated carbocycles. The minimum Gasteiger partial charge on any atom is -0.444 e. The summed E-state index contributed by atoms with van der Waals surface area (Å²) in [6.07, 6.45) is 10.1. The van der Waals surface area contributed by atoms with Crippen molar-refractivity contribution in [2.75, 3.05) is 23.3 Å². The zero-order valence-corrected chi connectivity index (χ0v) is 16.4. The van der Waals surface area contributed by atoms with Gasteiger partial charge in [-0.15, -0.1) is 0 Å². The summed E-state index contributed by atoms with van der Waals surface area (Å²) in [7, 11) is 0. The Bertz CT molecular complexity index is 1180. The minimum atomic E-state index is -0.200. The Morgan fingerprint density at radius 1 is 0.967 bits per heavy atom. The number of pyridine rings is 2. The number of piperidine rings is 1. The number of amides is 1. The quantitative estimate of drug-likeness (QED) is 0.543. The number of carbonyl (C=O) groups is 1. The number of hydrogen-bond donors (Lipinski definition) is 1. The zero-order valence-electron chi connectivity index (χ0n) is 16.4. The van der Waals surface area contributed by atoms with E-state index in [0.717, 1.165) is 48.1 Å². The number of carbonyl (C=O) groups excluding carboxylic acids is 1. The van der Waals surface area contributed by atoms with E-state index in [1.807, 2.05) is 30.3 Å². The molecule has 0 aliphatic carbocycles. The molecule has 1 amide bonds. The molecule has 1 aliphatic rings. The highest BCUT2D eigenvalue weighted by molar-refractivity contribution is 6.05. The van der Waals surface area contributed by atoms with Crippen molar-refractivity contribution in [2.24, 2.45) is 0 Å². The summed E-state index contributed by atoms with van der Waals surface area (Å²) in [6.45, 7) is 1.97. The first-order chi connectivity index (χ1) is 14.8. The average Bonchev–Trinajstić information content (AvgIpc) is 3.34. The molecule has 30 heavy (non-hydrogen) atoms. The average molecular weight is 399 g/mol. The molecule has 0 atom stereocenters. The molecule has 150 valence electrons. The topological polar surface area (TPSA) is 84.2 Å². The molecule has 0 bridgehead atoms. The van der Waals surface area contributed by atoms with E-state index < -0.39 is 0 Å². The third kappa shape index (κ3) is 3.74. The van der Waals surface area contributed by atoms with Crippen LogP contribution >= 0.6 is 0 Å². The van der Waals surface area contributed by atoms with Crippen molar-refractivity contribution >= 4 is 28.3 Å². The Hall–Kier alpha value is -3.74. The van der Waals surface area contributed by atoms with Crippen molar-refractivity contribution in [1.29, 1.82) is 0 Å².